The van der Waals surface area contributed by atoms with E-state index in [2.05, 4.69) is 51.6 Å². The fraction of sp³-hybridized carbons (Fsp3) is 0.444. The van der Waals surface area contributed by atoms with Crippen molar-refractivity contribution in [2.45, 2.75) is 76.0 Å². The maximum atomic E-state index is 14.2. The van der Waals surface area contributed by atoms with E-state index >= 15 is 0 Å². The van der Waals surface area contributed by atoms with Gasteiger partial charge in [-0.3, -0.25) is 10.1 Å². The van der Waals surface area contributed by atoms with Crippen LogP contribution >= 0.6 is 23.2 Å². The number of nitrogens with zero attached hydrogens (tertiary/aromatic N) is 2. The van der Waals surface area contributed by atoms with Gasteiger partial charge in [0, 0.05) is 62.9 Å². The summed E-state index contributed by atoms with van der Waals surface area (Å²) in [6, 6.07) is 18.5. The molecule has 3 aliphatic rings. The minimum atomic E-state index is -0.843. The number of carbonyl (C=O) groups excluding carboxylic acids is 2. The Kier molecular flexibility index (Phi) is 10.1. The van der Waals surface area contributed by atoms with Crippen LogP contribution in [0.5, 0.6) is 0 Å². The molecule has 0 aliphatic carbocycles. The number of rotatable bonds is 9. The van der Waals surface area contributed by atoms with Crippen molar-refractivity contribution in [3.8, 4) is 0 Å². The van der Waals surface area contributed by atoms with E-state index in [1.165, 1.54) is 37.1 Å². The number of ether oxygens (including phenoxy) is 1. The molecule has 0 aromatic heterocycles. The van der Waals surface area contributed by atoms with Crippen LogP contribution in [0.2, 0.25) is 10.0 Å². The van der Waals surface area contributed by atoms with Crippen LogP contribution in [0.25, 0.3) is 0 Å². The fourth-order valence-electron chi connectivity index (χ4n) is 7.13. The molecule has 10 heteroatoms. The number of carbonyl (C=O) groups is 2. The van der Waals surface area contributed by atoms with Crippen molar-refractivity contribution < 1.29 is 18.7 Å². The predicted molar refractivity (Wildman–Crippen MR) is 181 cm³/mol. The highest BCUT2D eigenvalue weighted by Crippen LogP contribution is 2.44. The van der Waals surface area contributed by atoms with E-state index in [0.29, 0.717) is 60.2 Å². The van der Waals surface area contributed by atoms with E-state index in [1.807, 2.05) is 6.07 Å². The number of fused-ring (bicyclic) bond motifs is 2. The Morgan fingerprint density at radius 2 is 1.70 bits per heavy atom. The maximum Gasteiger partial charge on any atom is 0.412 e. The second-order valence-electron chi connectivity index (χ2n) is 12.8. The van der Waals surface area contributed by atoms with Crippen molar-refractivity contribution in [3.63, 3.8) is 0 Å². The average molecular weight is 668 g/mol. The van der Waals surface area contributed by atoms with Crippen molar-refractivity contribution in [1.82, 2.24) is 10.2 Å². The van der Waals surface area contributed by atoms with Crippen molar-refractivity contribution >= 4 is 46.6 Å². The molecule has 0 saturated carbocycles. The number of likely N-dealkylation sites (tertiary alicyclic amines) is 1. The summed E-state index contributed by atoms with van der Waals surface area (Å²) < 4.78 is 20.0. The Balaban J connectivity index is 1.09. The molecule has 2 amide bonds. The molecule has 0 radical (unpaired) electrons. The lowest BCUT2D eigenvalue weighted by molar-refractivity contribution is -0.123. The van der Waals surface area contributed by atoms with Crippen molar-refractivity contribution in [1.29, 1.82) is 0 Å². The maximum absolute atomic E-state index is 14.2. The first-order valence-corrected chi connectivity index (χ1v) is 17.1. The Labute approximate surface area is 280 Å². The number of amides is 2. The standard InChI is InChI=1S/C36H41Cl2FN4O3/c1-24(42-19-15-36(16-20-42)30-22-27(39)9-14-33(30)41-35(45)46-36)5-12-29(26-8-13-31(37)32(38)21-26)34(44)40-23-25-6-10-28(11-7-25)43-17-3-2-4-18-43/h6-11,13-14,21-22,24,29H,2-5,12,15-20,23H2,1H3,(H,40,44)(H,41,45). The van der Waals surface area contributed by atoms with Crippen molar-refractivity contribution in [2.24, 2.45) is 0 Å². The highest BCUT2D eigenvalue weighted by Gasteiger charge is 2.45. The second-order valence-corrected chi connectivity index (χ2v) is 13.6. The van der Waals surface area contributed by atoms with Crippen LogP contribution in [0.1, 0.15) is 74.5 Å². The van der Waals surface area contributed by atoms with Gasteiger partial charge in [0.1, 0.15) is 11.4 Å². The molecule has 0 bridgehead atoms. The molecule has 2 atom stereocenters. The summed E-state index contributed by atoms with van der Waals surface area (Å²) in [5, 5.41) is 6.74. The van der Waals surface area contributed by atoms with Gasteiger partial charge in [-0.1, -0.05) is 41.4 Å². The molecular weight excluding hydrogens is 626 g/mol. The first-order valence-electron chi connectivity index (χ1n) is 16.3. The number of hydrogen-bond donors (Lipinski definition) is 2. The molecule has 46 heavy (non-hydrogen) atoms. The summed E-state index contributed by atoms with van der Waals surface area (Å²) in [5.74, 6) is -0.806. The molecule has 2 N–H and O–H groups in total. The molecular formula is C36H41Cl2FN4O3. The SMILES string of the molecule is CC(CCC(C(=O)NCc1ccc(N2CCCCC2)cc1)c1ccc(Cl)c(Cl)c1)N1CCC2(CC1)OC(=O)Nc1ccc(F)cc12. The zero-order valence-corrected chi connectivity index (χ0v) is 27.7. The van der Waals surface area contributed by atoms with Gasteiger partial charge in [-0.2, -0.15) is 0 Å². The van der Waals surface area contributed by atoms with Gasteiger partial charge in [-0.05, 0) is 92.6 Å². The van der Waals surface area contributed by atoms with E-state index in [0.717, 1.165) is 30.6 Å². The Bertz CT molecular complexity index is 1560. The Hall–Kier alpha value is -3.33. The van der Waals surface area contributed by atoms with E-state index in [4.69, 9.17) is 27.9 Å². The van der Waals surface area contributed by atoms with Crippen LogP contribution in [0, 0.1) is 5.82 Å². The average Bonchev–Trinajstić information content (AvgIpc) is 3.06. The fourth-order valence-corrected chi connectivity index (χ4v) is 7.43. The van der Waals surface area contributed by atoms with Gasteiger partial charge in [-0.15, -0.1) is 0 Å². The van der Waals surface area contributed by atoms with Crippen molar-refractivity contribution in [2.75, 3.05) is 36.4 Å². The predicted octanol–water partition coefficient (Wildman–Crippen LogP) is 8.24. The van der Waals surface area contributed by atoms with Crippen LogP contribution < -0.4 is 15.5 Å². The van der Waals surface area contributed by atoms with Crippen molar-refractivity contribution in [3.05, 3.63) is 93.2 Å². The first kappa shape index (κ1) is 32.6. The summed E-state index contributed by atoms with van der Waals surface area (Å²) in [6.45, 7) is 6.15. The lowest BCUT2D eigenvalue weighted by Gasteiger charge is -2.45. The lowest BCUT2D eigenvalue weighted by Crippen LogP contribution is -2.50. The smallest absolute Gasteiger partial charge is 0.412 e. The quantitative estimate of drug-likeness (QED) is 0.241. The lowest BCUT2D eigenvalue weighted by atomic mass is 9.81. The van der Waals surface area contributed by atoms with E-state index in [1.54, 1.807) is 18.2 Å². The molecule has 3 aromatic rings. The van der Waals surface area contributed by atoms with Gasteiger partial charge >= 0.3 is 6.09 Å². The molecule has 2 fully saturated rings. The largest absolute Gasteiger partial charge is 0.438 e. The van der Waals surface area contributed by atoms with Crippen LogP contribution in [-0.4, -0.2) is 49.1 Å². The topological polar surface area (TPSA) is 73.9 Å². The summed E-state index contributed by atoms with van der Waals surface area (Å²) in [4.78, 5) is 30.8. The summed E-state index contributed by atoms with van der Waals surface area (Å²) in [5.41, 5.74) is 3.57. The third-order valence-corrected chi connectivity index (χ3v) is 10.6. The highest BCUT2D eigenvalue weighted by molar-refractivity contribution is 6.42. The third-order valence-electron chi connectivity index (χ3n) is 9.89. The van der Waals surface area contributed by atoms with Gasteiger partial charge < -0.3 is 19.9 Å². The number of halogens is 3. The van der Waals surface area contributed by atoms with Crippen LogP contribution in [0.15, 0.2) is 60.7 Å². The molecule has 3 aromatic carbocycles. The minimum absolute atomic E-state index is 0.0523. The number of benzene rings is 3. The van der Waals surface area contributed by atoms with Crippen LogP contribution in [0.3, 0.4) is 0 Å². The van der Waals surface area contributed by atoms with Crippen LogP contribution in [0.4, 0.5) is 20.6 Å². The molecule has 7 nitrogen and oxygen atoms in total. The zero-order chi connectivity index (χ0) is 32.3. The molecule has 244 valence electrons. The van der Waals surface area contributed by atoms with Gasteiger partial charge in [0.2, 0.25) is 5.91 Å². The summed E-state index contributed by atoms with van der Waals surface area (Å²) in [6.07, 6.45) is 5.76. The third kappa shape index (κ3) is 7.29. The van der Waals surface area contributed by atoms with E-state index in [-0.39, 0.29) is 17.8 Å². The minimum Gasteiger partial charge on any atom is -0.438 e. The number of hydrogen-bond acceptors (Lipinski definition) is 5. The van der Waals surface area contributed by atoms with Gasteiger partial charge in [0.25, 0.3) is 0 Å². The first-order chi connectivity index (χ1) is 22.2. The molecule has 2 unspecified atom stereocenters. The van der Waals surface area contributed by atoms with Gasteiger partial charge in [-0.25, -0.2) is 9.18 Å². The Morgan fingerprint density at radius 1 is 0.957 bits per heavy atom. The summed E-state index contributed by atoms with van der Waals surface area (Å²) in [7, 11) is 0. The van der Waals surface area contributed by atoms with E-state index < -0.39 is 17.6 Å². The Morgan fingerprint density at radius 3 is 2.41 bits per heavy atom. The monoisotopic (exact) mass is 666 g/mol. The molecule has 3 heterocycles. The van der Waals surface area contributed by atoms with E-state index in [9.17, 15) is 14.0 Å². The normalized spacial score (nSPS) is 19.1. The zero-order valence-electron chi connectivity index (χ0n) is 26.2. The van der Waals surface area contributed by atoms with Crippen LogP contribution in [-0.2, 0) is 21.7 Å². The van der Waals surface area contributed by atoms with Gasteiger partial charge in [0.15, 0.2) is 0 Å². The molecule has 1 spiro atoms. The molecule has 3 aliphatic heterocycles. The summed E-state index contributed by atoms with van der Waals surface area (Å²) >= 11 is 12.6. The number of anilines is 2. The number of piperidine rings is 2. The van der Waals surface area contributed by atoms with Gasteiger partial charge in [0.05, 0.1) is 21.7 Å². The number of nitrogens with one attached hydrogen (secondary N) is 2. The second kappa shape index (κ2) is 14.2. The highest BCUT2D eigenvalue weighted by atomic mass is 35.5. The molecule has 6 rings (SSSR count). The molecule has 2 saturated heterocycles.